The fourth-order valence-corrected chi connectivity index (χ4v) is 3.54. The molecule has 0 bridgehead atoms. The Balaban J connectivity index is 1.80. The van der Waals surface area contributed by atoms with Gasteiger partial charge < -0.3 is 19.8 Å². The average Bonchev–Trinajstić information content (AvgIpc) is 3.01. The van der Waals surface area contributed by atoms with E-state index >= 15 is 0 Å². The van der Waals surface area contributed by atoms with Crippen molar-refractivity contribution in [2.45, 2.75) is 26.0 Å². The monoisotopic (exact) mass is 404 g/mol. The molecule has 1 atom stereocenters. The van der Waals surface area contributed by atoms with Crippen molar-refractivity contribution < 1.29 is 14.3 Å². The van der Waals surface area contributed by atoms with E-state index < -0.39 is 12.1 Å². The number of carbonyl (C=O) groups excluding carboxylic acids is 1. The van der Waals surface area contributed by atoms with Crippen molar-refractivity contribution in [3.8, 4) is 0 Å². The zero-order chi connectivity index (χ0) is 21.1. The van der Waals surface area contributed by atoms with Gasteiger partial charge in [-0.2, -0.15) is 0 Å². The summed E-state index contributed by atoms with van der Waals surface area (Å²) in [6, 6.07) is 17.7. The average molecular weight is 404 g/mol. The Hall–Kier alpha value is -3.45. The third kappa shape index (κ3) is 3.84. The number of nitrogens with zero attached hydrogens (tertiary/aromatic N) is 3. The first-order chi connectivity index (χ1) is 14.6. The summed E-state index contributed by atoms with van der Waals surface area (Å²) in [7, 11) is 1.56. The number of esters is 1. The fraction of sp³-hybridized carbons (Fsp3) is 0.261. The van der Waals surface area contributed by atoms with Gasteiger partial charge in [-0.1, -0.05) is 42.5 Å². The molecular formula is C23H24N4O3. The van der Waals surface area contributed by atoms with E-state index in [4.69, 9.17) is 25.2 Å². The van der Waals surface area contributed by atoms with E-state index in [1.165, 1.54) is 5.56 Å². The van der Waals surface area contributed by atoms with Gasteiger partial charge in [0.2, 0.25) is 0 Å². The van der Waals surface area contributed by atoms with Gasteiger partial charge in [-0.3, -0.25) is 0 Å². The van der Waals surface area contributed by atoms with E-state index in [2.05, 4.69) is 12.1 Å². The van der Waals surface area contributed by atoms with E-state index in [0.717, 1.165) is 11.9 Å². The number of benzene rings is 2. The number of carbonyl (C=O) groups is 1. The molecule has 7 heteroatoms. The second-order valence-electron chi connectivity index (χ2n) is 7.20. The summed E-state index contributed by atoms with van der Waals surface area (Å²) in [5, 5.41) is 0. The number of methoxy groups -OCH3 is 1. The molecule has 154 valence electrons. The van der Waals surface area contributed by atoms with Crippen LogP contribution in [0.5, 0.6) is 0 Å². The lowest BCUT2D eigenvalue weighted by Gasteiger charge is -2.12. The summed E-state index contributed by atoms with van der Waals surface area (Å²) in [6.45, 7) is 2.64. The summed E-state index contributed by atoms with van der Waals surface area (Å²) in [5.41, 5.74) is 10.3. The van der Waals surface area contributed by atoms with Gasteiger partial charge >= 0.3 is 5.97 Å². The number of nitrogen functional groups attached to an aromatic ring is 1. The molecule has 4 rings (SSSR count). The highest BCUT2D eigenvalue weighted by molar-refractivity contribution is 6.08. The van der Waals surface area contributed by atoms with Crippen LogP contribution >= 0.6 is 0 Å². The van der Waals surface area contributed by atoms with Crippen LogP contribution < -0.4 is 5.73 Å². The zero-order valence-corrected chi connectivity index (χ0v) is 17.0. The van der Waals surface area contributed by atoms with Crippen molar-refractivity contribution in [3.05, 3.63) is 65.7 Å². The number of rotatable bonds is 7. The van der Waals surface area contributed by atoms with Crippen molar-refractivity contribution in [1.82, 2.24) is 14.5 Å². The highest BCUT2D eigenvalue weighted by Gasteiger charge is 2.26. The summed E-state index contributed by atoms with van der Waals surface area (Å²) in [4.78, 5) is 22.4. The highest BCUT2D eigenvalue weighted by Crippen LogP contribution is 2.29. The molecule has 2 N–H and O–H groups in total. The van der Waals surface area contributed by atoms with Crippen molar-refractivity contribution >= 4 is 34.0 Å². The van der Waals surface area contributed by atoms with Gasteiger partial charge in [0.1, 0.15) is 23.0 Å². The Morgan fingerprint density at radius 1 is 1.07 bits per heavy atom. The van der Waals surface area contributed by atoms with Gasteiger partial charge in [0.25, 0.3) is 0 Å². The van der Waals surface area contributed by atoms with E-state index in [-0.39, 0.29) is 5.56 Å². The first-order valence-corrected chi connectivity index (χ1v) is 9.86. The third-order valence-corrected chi connectivity index (χ3v) is 4.97. The minimum Gasteiger partial charge on any atom is -0.456 e. The van der Waals surface area contributed by atoms with E-state index in [1.54, 1.807) is 14.0 Å². The van der Waals surface area contributed by atoms with E-state index in [9.17, 15) is 4.79 Å². The lowest BCUT2D eigenvalue weighted by atomic mass is 10.1. The van der Waals surface area contributed by atoms with Crippen LogP contribution in [0.25, 0.3) is 22.2 Å². The predicted octanol–water partition coefficient (Wildman–Crippen LogP) is 3.60. The fourth-order valence-electron chi connectivity index (χ4n) is 3.54. The van der Waals surface area contributed by atoms with Crippen molar-refractivity contribution in [2.75, 3.05) is 19.5 Å². The number of nitrogens with two attached hydrogens (primary N) is 1. The van der Waals surface area contributed by atoms with Gasteiger partial charge in [0.05, 0.1) is 17.6 Å². The molecule has 7 nitrogen and oxygen atoms in total. The van der Waals surface area contributed by atoms with Gasteiger partial charge in [-0.25, -0.2) is 14.8 Å². The number of anilines is 1. The maximum absolute atomic E-state index is 12.9. The Morgan fingerprint density at radius 2 is 1.73 bits per heavy atom. The van der Waals surface area contributed by atoms with E-state index in [1.807, 2.05) is 47.0 Å². The number of aromatic nitrogens is 3. The summed E-state index contributed by atoms with van der Waals surface area (Å²) in [6.07, 6.45) is 0.343. The number of para-hydroxylation sites is 2. The molecule has 0 amide bonds. The van der Waals surface area contributed by atoms with Crippen LogP contribution in [0.3, 0.4) is 0 Å². The van der Waals surface area contributed by atoms with Gasteiger partial charge in [0.15, 0.2) is 5.65 Å². The molecular weight excluding hydrogens is 380 g/mol. The molecule has 0 fully saturated rings. The van der Waals surface area contributed by atoms with E-state index in [0.29, 0.717) is 35.7 Å². The number of fused-ring (bicyclic) bond motifs is 2. The van der Waals surface area contributed by atoms with Gasteiger partial charge in [-0.05, 0) is 31.0 Å². The Kier molecular flexibility index (Phi) is 5.63. The topological polar surface area (TPSA) is 92.3 Å². The van der Waals surface area contributed by atoms with Gasteiger partial charge in [-0.15, -0.1) is 0 Å². The minimum absolute atomic E-state index is 0.249. The Morgan fingerprint density at radius 3 is 2.43 bits per heavy atom. The number of ether oxygens (including phenoxy) is 2. The molecule has 0 radical (unpaired) electrons. The number of hydrogen-bond acceptors (Lipinski definition) is 6. The summed E-state index contributed by atoms with van der Waals surface area (Å²) in [5.74, 6) is -0.212. The quantitative estimate of drug-likeness (QED) is 0.473. The number of hydrogen-bond donors (Lipinski definition) is 1. The Labute approximate surface area is 174 Å². The minimum atomic E-state index is -0.523. The van der Waals surface area contributed by atoms with Crippen LogP contribution in [0.4, 0.5) is 5.82 Å². The largest absolute Gasteiger partial charge is 0.456 e. The van der Waals surface area contributed by atoms with Crippen LogP contribution in [0.1, 0.15) is 22.8 Å². The maximum Gasteiger partial charge on any atom is 0.344 e. The first kappa shape index (κ1) is 19.8. The highest BCUT2D eigenvalue weighted by atomic mass is 16.6. The molecule has 30 heavy (non-hydrogen) atoms. The third-order valence-electron chi connectivity index (χ3n) is 4.97. The molecule has 0 aliphatic rings. The number of aryl methyl sites for hydroxylation is 2. The maximum atomic E-state index is 12.9. The molecule has 0 aliphatic heterocycles. The molecule has 2 aromatic heterocycles. The van der Waals surface area contributed by atoms with Crippen LogP contribution in [0, 0.1) is 0 Å². The molecule has 4 aromatic rings. The molecule has 0 spiro atoms. The van der Waals surface area contributed by atoms with Crippen molar-refractivity contribution in [1.29, 1.82) is 0 Å². The molecule has 0 saturated heterocycles. The predicted molar refractivity (Wildman–Crippen MR) is 116 cm³/mol. The van der Waals surface area contributed by atoms with Crippen LogP contribution in [-0.4, -0.2) is 40.3 Å². The summed E-state index contributed by atoms with van der Waals surface area (Å²) < 4.78 is 12.4. The van der Waals surface area contributed by atoms with Crippen LogP contribution in [0.15, 0.2) is 54.6 Å². The molecule has 2 heterocycles. The van der Waals surface area contributed by atoms with Crippen LogP contribution in [0.2, 0.25) is 0 Å². The van der Waals surface area contributed by atoms with Crippen molar-refractivity contribution in [2.24, 2.45) is 0 Å². The SMILES string of the molecule is COC[C@@H](C)OC(=O)c1c(N)n(CCc2ccccc2)c2nc3ccccc3nc12. The zero-order valence-electron chi connectivity index (χ0n) is 17.0. The van der Waals surface area contributed by atoms with Gasteiger partial charge in [0, 0.05) is 13.7 Å². The molecule has 0 saturated carbocycles. The normalized spacial score (nSPS) is 12.3. The first-order valence-electron chi connectivity index (χ1n) is 9.86. The molecule has 0 aliphatic carbocycles. The second-order valence-corrected chi connectivity index (χ2v) is 7.20. The molecule has 0 unspecified atom stereocenters. The molecule has 2 aromatic carbocycles. The van der Waals surface area contributed by atoms with Crippen LogP contribution in [-0.2, 0) is 22.4 Å². The lowest BCUT2D eigenvalue weighted by Crippen LogP contribution is -2.20. The van der Waals surface area contributed by atoms with Crippen molar-refractivity contribution in [3.63, 3.8) is 0 Å². The smallest absolute Gasteiger partial charge is 0.344 e. The standard InChI is InChI=1S/C23H24N4O3/c1-15(14-29-2)30-23(28)19-20-22(26-18-11-7-6-10-17(18)25-20)27(21(19)24)13-12-16-8-4-3-5-9-16/h3-11,15H,12-14,24H2,1-2H3/t15-/m1/s1. The summed E-state index contributed by atoms with van der Waals surface area (Å²) >= 11 is 0. The second kappa shape index (κ2) is 8.51. The lowest BCUT2D eigenvalue weighted by molar-refractivity contribution is 0.0123. The Bertz CT molecular complexity index is 1190.